The highest BCUT2D eigenvalue weighted by Crippen LogP contribution is 2.43. The molecule has 0 unspecified atom stereocenters. The Kier molecular flexibility index (Phi) is 8.55. The van der Waals surface area contributed by atoms with Crippen molar-refractivity contribution in [3.8, 4) is 22.9 Å². The zero-order valence-corrected chi connectivity index (χ0v) is 25.1. The summed E-state index contributed by atoms with van der Waals surface area (Å²) in [5, 5.41) is 10.6. The first-order chi connectivity index (χ1) is 20.5. The van der Waals surface area contributed by atoms with Crippen LogP contribution in [0.2, 0.25) is 5.02 Å². The molecular formula is C31H33ClF2N6O3. The van der Waals surface area contributed by atoms with Crippen LogP contribution in [0.5, 0.6) is 11.8 Å². The van der Waals surface area contributed by atoms with Crippen molar-refractivity contribution in [2.24, 2.45) is 0 Å². The van der Waals surface area contributed by atoms with Crippen LogP contribution in [0.1, 0.15) is 39.4 Å². The normalized spacial score (nSPS) is 17.1. The average molecular weight is 611 g/mol. The van der Waals surface area contributed by atoms with Gasteiger partial charge in [0.2, 0.25) is 5.91 Å². The van der Waals surface area contributed by atoms with Crippen molar-refractivity contribution >= 4 is 34.2 Å². The number of phenols is 1. The second kappa shape index (κ2) is 12.2. The average Bonchev–Trinajstić information content (AvgIpc) is 3.44. The summed E-state index contributed by atoms with van der Waals surface area (Å²) in [5.74, 6) is -2.04. The molecule has 0 bridgehead atoms. The quantitative estimate of drug-likeness (QED) is 0.247. The van der Waals surface area contributed by atoms with Crippen LogP contribution in [0.3, 0.4) is 0 Å². The van der Waals surface area contributed by atoms with Gasteiger partial charge in [0, 0.05) is 54.8 Å². The lowest BCUT2D eigenvalue weighted by Crippen LogP contribution is -2.58. The standard InChI is InChI=1S/C31H33ClF2N6O3/c1-6-25(42)39-13-19(5)40(14-18(39)4)30-21-12-22(32)26(27-23(33)8-7-9-24(27)41)28(34)29(21)36-31(37-30)43-11-10-20-15-38(16-35-20)17(2)3/h6-9,12,15-19,41H,1,10-11,13-14H2,2-5H3/t18-,19+/m1/s1. The molecule has 1 fully saturated rings. The van der Waals surface area contributed by atoms with E-state index in [0.29, 0.717) is 25.3 Å². The molecule has 3 heterocycles. The smallest absolute Gasteiger partial charge is 0.319 e. The third-order valence-electron chi connectivity index (χ3n) is 7.64. The second-order valence-electron chi connectivity index (χ2n) is 11.0. The number of carbonyl (C=O) groups excluding carboxylic acids is 1. The van der Waals surface area contributed by atoms with Crippen molar-refractivity contribution in [1.29, 1.82) is 0 Å². The molecule has 0 saturated carbocycles. The number of carbonyl (C=O) groups is 1. The Hall–Kier alpha value is -4.25. The van der Waals surface area contributed by atoms with E-state index in [1.54, 1.807) is 11.2 Å². The molecule has 1 aliphatic rings. The van der Waals surface area contributed by atoms with Gasteiger partial charge in [0.25, 0.3) is 0 Å². The Morgan fingerprint density at radius 1 is 1.21 bits per heavy atom. The molecule has 12 heteroatoms. The molecule has 4 aromatic rings. The third-order valence-corrected chi connectivity index (χ3v) is 7.94. The van der Waals surface area contributed by atoms with Gasteiger partial charge in [-0.15, -0.1) is 0 Å². The molecular weight excluding hydrogens is 578 g/mol. The molecule has 5 rings (SSSR count). The molecule has 9 nitrogen and oxygen atoms in total. The topological polar surface area (TPSA) is 96.6 Å². The van der Waals surface area contributed by atoms with Crippen molar-refractivity contribution < 1.29 is 23.4 Å². The van der Waals surface area contributed by atoms with Crippen LogP contribution in [0.25, 0.3) is 22.0 Å². The fraction of sp³-hybridized carbons (Fsp3) is 0.355. The Labute approximate surface area is 253 Å². The van der Waals surface area contributed by atoms with Crippen LogP contribution < -0.4 is 9.64 Å². The van der Waals surface area contributed by atoms with E-state index in [9.17, 15) is 14.3 Å². The minimum Gasteiger partial charge on any atom is -0.507 e. The van der Waals surface area contributed by atoms with Crippen LogP contribution in [-0.2, 0) is 11.2 Å². The summed E-state index contributed by atoms with van der Waals surface area (Å²) >= 11 is 6.57. The SMILES string of the molecule is C=CC(=O)N1C[C@H](C)N(c2nc(OCCc3cn(C(C)C)cn3)nc3c(F)c(-c4c(O)cccc4F)c(Cl)cc23)C[C@H]1C. The number of rotatable bonds is 8. The van der Waals surface area contributed by atoms with Gasteiger partial charge in [0.15, 0.2) is 5.82 Å². The van der Waals surface area contributed by atoms with Gasteiger partial charge in [0.1, 0.15) is 22.9 Å². The fourth-order valence-electron chi connectivity index (χ4n) is 5.32. The number of ether oxygens (including phenoxy) is 1. The molecule has 0 aliphatic carbocycles. The van der Waals surface area contributed by atoms with Gasteiger partial charge in [-0.3, -0.25) is 4.79 Å². The Bertz CT molecular complexity index is 1670. The number of fused-ring (bicyclic) bond motifs is 1. The van der Waals surface area contributed by atoms with E-state index in [-0.39, 0.29) is 63.7 Å². The van der Waals surface area contributed by atoms with E-state index in [2.05, 4.69) is 35.4 Å². The van der Waals surface area contributed by atoms with Crippen LogP contribution in [0, 0.1) is 11.6 Å². The lowest BCUT2D eigenvalue weighted by molar-refractivity contribution is -0.128. The van der Waals surface area contributed by atoms with Crippen molar-refractivity contribution in [1.82, 2.24) is 24.4 Å². The summed E-state index contributed by atoms with van der Waals surface area (Å²) in [5.41, 5.74) is -0.0118. The lowest BCUT2D eigenvalue weighted by Gasteiger charge is -2.44. The summed E-state index contributed by atoms with van der Waals surface area (Å²) in [6.07, 6.45) is 5.43. The summed E-state index contributed by atoms with van der Waals surface area (Å²) < 4.78 is 39.1. The van der Waals surface area contributed by atoms with E-state index >= 15 is 4.39 Å². The Balaban J connectivity index is 1.59. The zero-order chi connectivity index (χ0) is 31.0. The molecule has 226 valence electrons. The van der Waals surface area contributed by atoms with Crippen molar-refractivity contribution in [3.63, 3.8) is 0 Å². The fourth-order valence-corrected chi connectivity index (χ4v) is 5.60. The maximum Gasteiger partial charge on any atom is 0.319 e. The molecule has 2 aromatic heterocycles. The second-order valence-corrected chi connectivity index (χ2v) is 11.4. The van der Waals surface area contributed by atoms with E-state index < -0.39 is 17.4 Å². The van der Waals surface area contributed by atoms with E-state index in [1.807, 2.05) is 29.5 Å². The van der Waals surface area contributed by atoms with Gasteiger partial charge >= 0.3 is 6.01 Å². The first-order valence-corrected chi connectivity index (χ1v) is 14.4. The van der Waals surface area contributed by atoms with Gasteiger partial charge in [0.05, 0.1) is 29.2 Å². The number of imidazole rings is 1. The maximum atomic E-state index is 16.4. The molecule has 0 spiro atoms. The minimum atomic E-state index is -0.923. The molecule has 1 saturated heterocycles. The summed E-state index contributed by atoms with van der Waals surface area (Å²) in [7, 11) is 0. The molecule has 0 radical (unpaired) electrons. The highest BCUT2D eigenvalue weighted by molar-refractivity contribution is 6.34. The minimum absolute atomic E-state index is 0.0832. The number of aromatic nitrogens is 4. The highest BCUT2D eigenvalue weighted by Gasteiger charge is 2.34. The van der Waals surface area contributed by atoms with Crippen molar-refractivity contribution in [2.75, 3.05) is 24.6 Å². The van der Waals surface area contributed by atoms with Gasteiger partial charge in [-0.05, 0) is 52.0 Å². The van der Waals surface area contributed by atoms with Gasteiger partial charge in [-0.25, -0.2) is 13.8 Å². The van der Waals surface area contributed by atoms with Crippen LogP contribution >= 0.6 is 11.6 Å². The third kappa shape index (κ3) is 5.86. The number of nitrogens with zero attached hydrogens (tertiary/aromatic N) is 6. The van der Waals surface area contributed by atoms with Crippen LogP contribution in [-0.4, -0.2) is 67.2 Å². The maximum absolute atomic E-state index is 16.4. The largest absolute Gasteiger partial charge is 0.507 e. The number of aromatic hydroxyl groups is 1. The molecule has 43 heavy (non-hydrogen) atoms. The predicted octanol–water partition coefficient (Wildman–Crippen LogP) is 5.94. The number of hydrogen-bond donors (Lipinski definition) is 1. The van der Waals surface area contributed by atoms with E-state index in [1.165, 1.54) is 24.3 Å². The molecule has 2 aromatic carbocycles. The first-order valence-electron chi connectivity index (χ1n) is 14.0. The molecule has 1 N–H and O–H groups in total. The number of amides is 1. The molecule has 1 amide bonds. The van der Waals surface area contributed by atoms with Crippen LogP contribution in [0.15, 0.2) is 49.4 Å². The lowest BCUT2D eigenvalue weighted by atomic mass is 10.0. The number of phenolic OH excluding ortho intramolecular Hbond substituents is 1. The van der Waals surface area contributed by atoms with Gasteiger partial charge < -0.3 is 24.2 Å². The number of halogens is 3. The Morgan fingerprint density at radius 3 is 2.65 bits per heavy atom. The first kappa shape index (κ1) is 30.2. The number of hydrogen-bond acceptors (Lipinski definition) is 7. The Morgan fingerprint density at radius 2 is 1.98 bits per heavy atom. The highest BCUT2D eigenvalue weighted by atomic mass is 35.5. The zero-order valence-electron chi connectivity index (χ0n) is 24.4. The summed E-state index contributed by atoms with van der Waals surface area (Å²) in [4.78, 5) is 29.6. The number of piperazine rings is 1. The van der Waals surface area contributed by atoms with Crippen LogP contribution in [0.4, 0.5) is 14.6 Å². The molecule has 2 atom stereocenters. The van der Waals surface area contributed by atoms with Gasteiger partial charge in [-0.2, -0.15) is 9.97 Å². The predicted molar refractivity (Wildman–Crippen MR) is 162 cm³/mol. The van der Waals surface area contributed by atoms with Crippen molar-refractivity contribution in [2.45, 2.75) is 52.2 Å². The number of anilines is 1. The number of benzene rings is 2. The van der Waals surface area contributed by atoms with E-state index in [4.69, 9.17) is 16.3 Å². The molecule has 1 aliphatic heterocycles. The van der Waals surface area contributed by atoms with E-state index in [0.717, 1.165) is 11.8 Å². The van der Waals surface area contributed by atoms with Gasteiger partial charge in [-0.1, -0.05) is 24.2 Å². The monoisotopic (exact) mass is 610 g/mol. The summed E-state index contributed by atoms with van der Waals surface area (Å²) in [6.45, 7) is 12.5. The summed E-state index contributed by atoms with van der Waals surface area (Å²) in [6, 6.07) is 4.91. The van der Waals surface area contributed by atoms with Crippen molar-refractivity contribution in [3.05, 3.63) is 71.8 Å².